The van der Waals surface area contributed by atoms with E-state index in [2.05, 4.69) is 11.1 Å². The lowest BCUT2D eigenvalue weighted by Gasteiger charge is -2.03. The van der Waals surface area contributed by atoms with Gasteiger partial charge in [0.25, 0.3) is 0 Å². The Labute approximate surface area is 88.8 Å². The van der Waals surface area contributed by atoms with Crippen LogP contribution in [0.4, 0.5) is 5.69 Å². The van der Waals surface area contributed by atoms with Gasteiger partial charge < -0.3 is 5.73 Å². The molecule has 74 valence electrons. The van der Waals surface area contributed by atoms with Crippen molar-refractivity contribution in [2.75, 3.05) is 5.88 Å². The Hall–Kier alpha value is -1.02. The standard InChI is InChI=1S/C11H13ClN2/c12-7-11(13)14-10-4-2-1-3-9(10)8-5-6-8/h1-4,8H,5-7H2,(H2,13,14). The van der Waals surface area contributed by atoms with Crippen LogP contribution in [0.1, 0.15) is 24.3 Å². The van der Waals surface area contributed by atoms with E-state index in [-0.39, 0.29) is 0 Å². The fourth-order valence-corrected chi connectivity index (χ4v) is 1.57. The lowest BCUT2D eigenvalue weighted by molar-refractivity contribution is 1.12. The van der Waals surface area contributed by atoms with Gasteiger partial charge in [0.05, 0.1) is 11.6 Å². The summed E-state index contributed by atoms with van der Waals surface area (Å²) in [6.07, 6.45) is 2.54. The van der Waals surface area contributed by atoms with Crippen molar-refractivity contribution in [3.8, 4) is 0 Å². The third-order valence-electron chi connectivity index (χ3n) is 2.35. The summed E-state index contributed by atoms with van der Waals surface area (Å²) in [6.45, 7) is 0. The SMILES string of the molecule is NC(CCl)=Nc1ccccc1C1CC1. The van der Waals surface area contributed by atoms with E-state index in [9.17, 15) is 0 Å². The monoisotopic (exact) mass is 208 g/mol. The first-order chi connectivity index (χ1) is 6.81. The minimum Gasteiger partial charge on any atom is -0.386 e. The summed E-state index contributed by atoms with van der Waals surface area (Å²) in [7, 11) is 0. The molecular weight excluding hydrogens is 196 g/mol. The molecule has 0 atom stereocenters. The van der Waals surface area contributed by atoms with Crippen molar-refractivity contribution >= 4 is 23.1 Å². The lowest BCUT2D eigenvalue weighted by Crippen LogP contribution is -2.12. The molecule has 2 N–H and O–H groups in total. The summed E-state index contributed by atoms with van der Waals surface area (Å²) < 4.78 is 0. The maximum absolute atomic E-state index is 5.61. The Kier molecular flexibility index (Phi) is 2.73. The fourth-order valence-electron chi connectivity index (χ4n) is 1.51. The van der Waals surface area contributed by atoms with Crippen LogP contribution in [0.3, 0.4) is 0 Å². The van der Waals surface area contributed by atoms with Gasteiger partial charge in [-0.3, -0.25) is 0 Å². The van der Waals surface area contributed by atoms with Gasteiger partial charge in [-0.05, 0) is 30.4 Å². The van der Waals surface area contributed by atoms with Crippen molar-refractivity contribution in [2.45, 2.75) is 18.8 Å². The van der Waals surface area contributed by atoms with Crippen LogP contribution in [0, 0.1) is 0 Å². The first-order valence-electron chi connectivity index (χ1n) is 4.79. The number of aliphatic imine (C=N–C) groups is 1. The number of halogens is 1. The molecule has 2 nitrogen and oxygen atoms in total. The summed E-state index contributed by atoms with van der Waals surface area (Å²) in [5, 5.41) is 0. The van der Waals surface area contributed by atoms with Crippen LogP contribution in [-0.2, 0) is 0 Å². The number of para-hydroxylation sites is 1. The molecule has 1 aromatic rings. The van der Waals surface area contributed by atoms with E-state index in [1.165, 1.54) is 18.4 Å². The predicted octanol–water partition coefficient (Wildman–Crippen LogP) is 2.79. The summed E-state index contributed by atoms with van der Waals surface area (Å²) in [6, 6.07) is 8.14. The smallest absolute Gasteiger partial charge is 0.115 e. The zero-order chi connectivity index (χ0) is 9.97. The average molecular weight is 209 g/mol. The Morgan fingerprint density at radius 1 is 1.43 bits per heavy atom. The van der Waals surface area contributed by atoms with E-state index in [1.807, 2.05) is 18.2 Å². The van der Waals surface area contributed by atoms with Gasteiger partial charge in [0.2, 0.25) is 0 Å². The molecule has 0 unspecified atom stereocenters. The van der Waals surface area contributed by atoms with E-state index in [0.717, 1.165) is 5.69 Å². The predicted molar refractivity (Wildman–Crippen MR) is 60.4 cm³/mol. The fraction of sp³-hybridized carbons (Fsp3) is 0.364. The van der Waals surface area contributed by atoms with E-state index in [0.29, 0.717) is 17.6 Å². The third kappa shape index (κ3) is 2.07. The van der Waals surface area contributed by atoms with Crippen molar-refractivity contribution in [1.82, 2.24) is 0 Å². The molecule has 3 heteroatoms. The first-order valence-corrected chi connectivity index (χ1v) is 5.32. The number of alkyl halides is 1. The second-order valence-corrected chi connectivity index (χ2v) is 3.84. The molecule has 1 saturated carbocycles. The Bertz CT molecular complexity index is 356. The molecule has 0 aliphatic heterocycles. The molecule has 1 fully saturated rings. The topological polar surface area (TPSA) is 38.4 Å². The van der Waals surface area contributed by atoms with Gasteiger partial charge in [0.15, 0.2) is 0 Å². The number of benzene rings is 1. The highest BCUT2D eigenvalue weighted by molar-refractivity contribution is 6.28. The summed E-state index contributed by atoms with van der Waals surface area (Å²) >= 11 is 5.59. The zero-order valence-corrected chi connectivity index (χ0v) is 8.67. The highest BCUT2D eigenvalue weighted by Crippen LogP contribution is 2.44. The van der Waals surface area contributed by atoms with Crippen molar-refractivity contribution in [3.63, 3.8) is 0 Å². The Balaban J connectivity index is 2.31. The maximum Gasteiger partial charge on any atom is 0.115 e. The molecule has 1 aliphatic carbocycles. The average Bonchev–Trinajstić information content (AvgIpc) is 3.02. The van der Waals surface area contributed by atoms with Crippen LogP contribution in [0.5, 0.6) is 0 Å². The van der Waals surface area contributed by atoms with Gasteiger partial charge >= 0.3 is 0 Å². The molecule has 0 aromatic heterocycles. The zero-order valence-electron chi connectivity index (χ0n) is 7.91. The van der Waals surface area contributed by atoms with Gasteiger partial charge in [-0.15, -0.1) is 11.6 Å². The molecule has 0 saturated heterocycles. The molecule has 2 rings (SSSR count). The van der Waals surface area contributed by atoms with Crippen LogP contribution < -0.4 is 5.73 Å². The number of hydrogen-bond acceptors (Lipinski definition) is 1. The molecule has 0 radical (unpaired) electrons. The Morgan fingerprint density at radius 2 is 2.14 bits per heavy atom. The van der Waals surface area contributed by atoms with Crippen molar-refractivity contribution in [1.29, 1.82) is 0 Å². The Morgan fingerprint density at radius 3 is 2.79 bits per heavy atom. The molecule has 0 amide bonds. The molecule has 0 heterocycles. The first kappa shape index (κ1) is 9.53. The van der Waals surface area contributed by atoms with Gasteiger partial charge in [0, 0.05) is 0 Å². The highest BCUT2D eigenvalue weighted by atomic mass is 35.5. The van der Waals surface area contributed by atoms with E-state index < -0.39 is 0 Å². The maximum atomic E-state index is 5.61. The van der Waals surface area contributed by atoms with Crippen molar-refractivity contribution in [3.05, 3.63) is 29.8 Å². The number of nitrogens with zero attached hydrogens (tertiary/aromatic N) is 1. The molecular formula is C11H13ClN2. The van der Waals surface area contributed by atoms with Crippen LogP contribution in [0.25, 0.3) is 0 Å². The van der Waals surface area contributed by atoms with Crippen molar-refractivity contribution < 1.29 is 0 Å². The quantitative estimate of drug-likeness (QED) is 0.463. The van der Waals surface area contributed by atoms with Gasteiger partial charge in [-0.1, -0.05) is 18.2 Å². The summed E-state index contributed by atoms with van der Waals surface area (Å²) in [4.78, 5) is 4.30. The minimum absolute atomic E-state index is 0.291. The summed E-state index contributed by atoms with van der Waals surface area (Å²) in [5.74, 6) is 1.47. The number of nitrogens with two attached hydrogens (primary N) is 1. The van der Waals surface area contributed by atoms with E-state index >= 15 is 0 Å². The molecule has 0 bridgehead atoms. The van der Waals surface area contributed by atoms with Crippen LogP contribution >= 0.6 is 11.6 Å². The molecule has 0 spiro atoms. The van der Waals surface area contributed by atoms with Gasteiger partial charge in [-0.25, -0.2) is 4.99 Å². The highest BCUT2D eigenvalue weighted by Gasteiger charge is 2.25. The summed E-state index contributed by atoms with van der Waals surface area (Å²) in [5.41, 5.74) is 7.90. The molecule has 1 aromatic carbocycles. The van der Waals surface area contributed by atoms with Gasteiger partial charge in [0.1, 0.15) is 5.84 Å². The number of amidine groups is 1. The van der Waals surface area contributed by atoms with E-state index in [4.69, 9.17) is 17.3 Å². The molecule has 14 heavy (non-hydrogen) atoms. The second kappa shape index (κ2) is 4.01. The van der Waals surface area contributed by atoms with Crippen molar-refractivity contribution in [2.24, 2.45) is 10.7 Å². The largest absolute Gasteiger partial charge is 0.386 e. The third-order valence-corrected chi connectivity index (χ3v) is 2.63. The van der Waals surface area contributed by atoms with Crippen LogP contribution in [-0.4, -0.2) is 11.7 Å². The van der Waals surface area contributed by atoms with Gasteiger partial charge in [-0.2, -0.15) is 0 Å². The van der Waals surface area contributed by atoms with Crippen LogP contribution in [0.2, 0.25) is 0 Å². The van der Waals surface area contributed by atoms with E-state index in [1.54, 1.807) is 0 Å². The minimum atomic E-state index is 0.291. The number of rotatable bonds is 3. The second-order valence-electron chi connectivity index (χ2n) is 3.57. The lowest BCUT2D eigenvalue weighted by atomic mass is 10.1. The molecule has 1 aliphatic rings. The normalized spacial score (nSPS) is 17.1. The number of hydrogen-bond donors (Lipinski definition) is 1. The van der Waals surface area contributed by atoms with Crippen LogP contribution in [0.15, 0.2) is 29.3 Å².